The summed E-state index contributed by atoms with van der Waals surface area (Å²) in [6.45, 7) is 1.65. The molecule has 0 radical (unpaired) electrons. The Hall–Kier alpha value is -1.68. The number of hydrogen-bond donors (Lipinski definition) is 0. The molecule has 0 heterocycles. The molecule has 4 heteroatoms. The molecule has 0 aromatic rings. The molecule has 4 aliphatic rings. The summed E-state index contributed by atoms with van der Waals surface area (Å²) in [6, 6.07) is 0. The van der Waals surface area contributed by atoms with Crippen LogP contribution in [0.1, 0.15) is 19.8 Å². The summed E-state index contributed by atoms with van der Waals surface area (Å²) in [4.78, 5) is 25.1. The number of carbonyl (C=O) groups is 2. The molecular weight excluding hydrogens is 244 g/mol. The van der Waals surface area contributed by atoms with E-state index in [0.717, 1.165) is 12.8 Å². The smallest absolute Gasteiger partial charge is 0.227 e. The van der Waals surface area contributed by atoms with E-state index >= 15 is 0 Å². The summed E-state index contributed by atoms with van der Waals surface area (Å²) < 4.78 is 10.7. The van der Waals surface area contributed by atoms with Crippen molar-refractivity contribution in [3.8, 4) is 0 Å². The first-order valence-corrected chi connectivity index (χ1v) is 6.39. The monoisotopic (exact) mass is 260 g/mol. The maximum Gasteiger partial charge on any atom is 0.227 e. The first kappa shape index (κ1) is 12.4. The maximum atomic E-state index is 12.6. The molecule has 2 bridgehead atoms. The standard InChI is InChI=1S/C15H16O4/c1-8-12(16)10-9-4-6-15(19-3,7-5-9)11(10)13(17)14(8)18-2/h4,6,9H,5,7H2,1-3H3. The van der Waals surface area contributed by atoms with Crippen molar-refractivity contribution in [2.75, 3.05) is 14.2 Å². The first-order valence-electron chi connectivity index (χ1n) is 6.39. The molecule has 0 aromatic carbocycles. The molecule has 0 N–H and O–H groups in total. The van der Waals surface area contributed by atoms with Crippen LogP contribution in [0.2, 0.25) is 0 Å². The van der Waals surface area contributed by atoms with Gasteiger partial charge in [0.2, 0.25) is 5.78 Å². The SMILES string of the molecule is COC1=C(C)C(=O)C2=C(C1=O)C1(OC)C=CC2CC1. The highest BCUT2D eigenvalue weighted by Crippen LogP contribution is 2.49. The number of rotatable bonds is 2. The van der Waals surface area contributed by atoms with Crippen LogP contribution in [0.3, 0.4) is 0 Å². The Bertz CT molecular complexity index is 579. The Morgan fingerprint density at radius 3 is 2.53 bits per heavy atom. The van der Waals surface area contributed by atoms with Crippen molar-refractivity contribution in [3.05, 3.63) is 34.6 Å². The predicted molar refractivity (Wildman–Crippen MR) is 68.4 cm³/mol. The van der Waals surface area contributed by atoms with Crippen LogP contribution in [0, 0.1) is 5.92 Å². The first-order chi connectivity index (χ1) is 9.05. The van der Waals surface area contributed by atoms with E-state index in [2.05, 4.69) is 0 Å². The normalized spacial score (nSPS) is 33.1. The predicted octanol–water partition coefficient (Wildman–Crippen LogP) is 1.72. The topological polar surface area (TPSA) is 52.6 Å². The summed E-state index contributed by atoms with van der Waals surface area (Å²) in [6.07, 6.45) is 5.48. The van der Waals surface area contributed by atoms with Crippen molar-refractivity contribution >= 4 is 11.6 Å². The van der Waals surface area contributed by atoms with Crippen molar-refractivity contribution in [2.45, 2.75) is 25.4 Å². The molecular formula is C15H16O4. The zero-order valence-corrected chi connectivity index (χ0v) is 11.3. The van der Waals surface area contributed by atoms with Crippen LogP contribution in [0.4, 0.5) is 0 Å². The molecule has 0 amide bonds. The Morgan fingerprint density at radius 1 is 1.26 bits per heavy atom. The second-order valence-electron chi connectivity index (χ2n) is 5.20. The third-order valence-electron chi connectivity index (χ3n) is 4.42. The number of hydrogen-bond acceptors (Lipinski definition) is 4. The van der Waals surface area contributed by atoms with Crippen molar-refractivity contribution in [3.63, 3.8) is 0 Å². The Morgan fingerprint density at radius 2 is 2.00 bits per heavy atom. The lowest BCUT2D eigenvalue weighted by Gasteiger charge is -2.44. The van der Waals surface area contributed by atoms with Gasteiger partial charge in [-0.2, -0.15) is 0 Å². The number of fused-ring (bicyclic) bond motifs is 1. The highest BCUT2D eigenvalue weighted by Gasteiger charge is 2.51. The van der Waals surface area contributed by atoms with Crippen LogP contribution < -0.4 is 0 Å². The van der Waals surface area contributed by atoms with Crippen molar-refractivity contribution in [1.82, 2.24) is 0 Å². The summed E-state index contributed by atoms with van der Waals surface area (Å²) in [5.74, 6) is -0.0922. The minimum atomic E-state index is -0.749. The van der Waals surface area contributed by atoms with Gasteiger partial charge in [0, 0.05) is 29.7 Å². The number of Topliss-reactive ketones (excluding diaryl/α,β-unsaturated/α-hetero) is 2. The van der Waals surface area contributed by atoms with E-state index < -0.39 is 5.60 Å². The average Bonchev–Trinajstić information content (AvgIpc) is 2.45. The van der Waals surface area contributed by atoms with Crippen molar-refractivity contribution in [1.29, 1.82) is 0 Å². The third-order valence-corrected chi connectivity index (χ3v) is 4.42. The van der Waals surface area contributed by atoms with E-state index in [1.807, 2.05) is 12.2 Å². The molecule has 0 fully saturated rings. The molecule has 19 heavy (non-hydrogen) atoms. The zero-order valence-electron chi connectivity index (χ0n) is 11.3. The van der Waals surface area contributed by atoms with Gasteiger partial charge in [0.25, 0.3) is 0 Å². The highest BCUT2D eigenvalue weighted by molar-refractivity contribution is 6.25. The van der Waals surface area contributed by atoms with Crippen LogP contribution in [-0.2, 0) is 19.1 Å². The third kappa shape index (κ3) is 1.38. The van der Waals surface area contributed by atoms with Gasteiger partial charge in [-0.05, 0) is 19.8 Å². The molecule has 100 valence electrons. The van der Waals surface area contributed by atoms with Crippen LogP contribution in [-0.4, -0.2) is 31.4 Å². The number of allylic oxidation sites excluding steroid dienone is 4. The summed E-state index contributed by atoms with van der Waals surface area (Å²) in [7, 11) is 3.00. The van der Waals surface area contributed by atoms with Gasteiger partial charge in [0.1, 0.15) is 5.60 Å². The van der Waals surface area contributed by atoms with E-state index in [4.69, 9.17) is 9.47 Å². The van der Waals surface area contributed by atoms with Gasteiger partial charge in [-0.25, -0.2) is 0 Å². The fraction of sp³-hybridized carbons (Fsp3) is 0.467. The van der Waals surface area contributed by atoms with Gasteiger partial charge in [0.15, 0.2) is 11.5 Å². The van der Waals surface area contributed by atoms with Gasteiger partial charge in [0.05, 0.1) is 7.11 Å². The molecule has 4 rings (SSSR count). The second kappa shape index (κ2) is 3.90. The zero-order chi connectivity index (χ0) is 13.8. The van der Waals surface area contributed by atoms with Crippen LogP contribution >= 0.6 is 0 Å². The molecule has 0 saturated heterocycles. The molecule has 0 aliphatic heterocycles. The number of carbonyl (C=O) groups excluding carboxylic acids is 2. The molecule has 0 aromatic heterocycles. The molecule has 2 unspecified atom stereocenters. The number of methoxy groups -OCH3 is 2. The average molecular weight is 260 g/mol. The Labute approximate surface area is 111 Å². The van der Waals surface area contributed by atoms with E-state index in [9.17, 15) is 9.59 Å². The fourth-order valence-corrected chi connectivity index (χ4v) is 3.39. The van der Waals surface area contributed by atoms with Crippen LogP contribution in [0.5, 0.6) is 0 Å². The Kier molecular flexibility index (Phi) is 2.54. The van der Waals surface area contributed by atoms with Crippen LogP contribution in [0.25, 0.3) is 0 Å². The van der Waals surface area contributed by atoms with Crippen LogP contribution in [0.15, 0.2) is 34.6 Å². The molecule has 0 spiro atoms. The van der Waals surface area contributed by atoms with E-state index in [1.54, 1.807) is 14.0 Å². The lowest BCUT2D eigenvalue weighted by atomic mass is 9.63. The van der Waals surface area contributed by atoms with Gasteiger partial charge in [-0.3, -0.25) is 9.59 Å². The number of ether oxygens (including phenoxy) is 2. The van der Waals surface area contributed by atoms with Gasteiger partial charge in [-0.1, -0.05) is 12.2 Å². The van der Waals surface area contributed by atoms with Gasteiger partial charge in [-0.15, -0.1) is 0 Å². The van der Waals surface area contributed by atoms with Crippen molar-refractivity contribution < 1.29 is 19.1 Å². The summed E-state index contributed by atoms with van der Waals surface area (Å²) >= 11 is 0. The molecule has 4 aliphatic carbocycles. The quantitative estimate of drug-likeness (QED) is 0.560. The second-order valence-corrected chi connectivity index (χ2v) is 5.20. The summed E-state index contributed by atoms with van der Waals surface area (Å²) in [5, 5.41) is 0. The largest absolute Gasteiger partial charge is 0.492 e. The lowest BCUT2D eigenvalue weighted by molar-refractivity contribution is -0.122. The molecule has 2 atom stereocenters. The minimum absolute atomic E-state index is 0.0387. The van der Waals surface area contributed by atoms with Gasteiger partial charge < -0.3 is 9.47 Å². The lowest BCUT2D eigenvalue weighted by Crippen LogP contribution is -2.47. The van der Waals surface area contributed by atoms with E-state index in [0.29, 0.717) is 16.7 Å². The highest BCUT2D eigenvalue weighted by atomic mass is 16.5. The molecule has 0 saturated carbocycles. The van der Waals surface area contributed by atoms with Crippen molar-refractivity contribution in [2.24, 2.45) is 5.92 Å². The fourth-order valence-electron chi connectivity index (χ4n) is 3.39. The maximum absolute atomic E-state index is 12.6. The van der Waals surface area contributed by atoms with E-state index in [1.165, 1.54) is 7.11 Å². The van der Waals surface area contributed by atoms with Gasteiger partial charge >= 0.3 is 0 Å². The summed E-state index contributed by atoms with van der Waals surface area (Å²) in [5.41, 5.74) is 0.750. The minimum Gasteiger partial charge on any atom is -0.492 e. The Balaban J connectivity index is 2.23. The molecule has 4 nitrogen and oxygen atoms in total. The number of ketones is 2. The van der Waals surface area contributed by atoms with E-state index in [-0.39, 0.29) is 23.2 Å².